The third kappa shape index (κ3) is 6.51. The molecule has 0 heterocycles. The fraction of sp³-hybridized carbons (Fsp3) is 0.333. The first-order valence-corrected chi connectivity index (χ1v) is 5.50. The molecule has 102 valence electrons. The van der Waals surface area contributed by atoms with Crippen LogP contribution in [0.15, 0.2) is 29.9 Å². The van der Waals surface area contributed by atoms with Gasteiger partial charge in [0.1, 0.15) is 0 Å². The fourth-order valence-electron chi connectivity index (χ4n) is 2.26. The summed E-state index contributed by atoms with van der Waals surface area (Å²) in [6.45, 7) is 6.57. The van der Waals surface area contributed by atoms with Gasteiger partial charge in [0.2, 0.25) is 0 Å². The van der Waals surface area contributed by atoms with Crippen molar-refractivity contribution >= 4 is 0 Å². The largest absolute Gasteiger partial charge is 4.00 e. The van der Waals surface area contributed by atoms with Crippen LogP contribution in [0.3, 0.4) is 0 Å². The van der Waals surface area contributed by atoms with Crippen LogP contribution < -0.4 is 37.2 Å². The van der Waals surface area contributed by atoms with Crippen molar-refractivity contribution < 1.29 is 58.9 Å². The fourth-order valence-corrected chi connectivity index (χ4v) is 2.26. The van der Waals surface area contributed by atoms with E-state index in [0.717, 1.165) is 12.8 Å². The molecule has 0 aliphatic heterocycles. The van der Waals surface area contributed by atoms with Crippen LogP contribution in [0.2, 0.25) is 0 Å². The first-order chi connectivity index (χ1) is 7.16. The number of aryl methyl sites for hydroxylation is 3. The van der Waals surface area contributed by atoms with Gasteiger partial charge in [-0.05, 0) is 43.9 Å². The Labute approximate surface area is 150 Å². The first kappa shape index (κ1) is 24.3. The van der Waals surface area contributed by atoms with Crippen molar-refractivity contribution in [2.75, 3.05) is 0 Å². The summed E-state index contributed by atoms with van der Waals surface area (Å²) in [7, 11) is 0. The predicted molar refractivity (Wildman–Crippen MR) is 64.9 cm³/mol. The zero-order valence-corrected chi connectivity index (χ0v) is 15.2. The molecule has 2 rings (SSSR count). The summed E-state index contributed by atoms with van der Waals surface area (Å²) in [5.41, 5.74) is 7.07. The molecule has 0 nitrogen and oxygen atoms in total. The molecule has 0 radical (unpaired) electrons. The Bertz CT molecular complexity index is 428. The Morgan fingerprint density at radius 2 is 1.53 bits per heavy atom. The molecule has 0 saturated carbocycles. The van der Waals surface area contributed by atoms with E-state index in [1.807, 2.05) is 6.08 Å². The van der Waals surface area contributed by atoms with Crippen LogP contribution in [0.5, 0.6) is 0 Å². The maximum Gasteiger partial charge on any atom is 4.00 e. The van der Waals surface area contributed by atoms with Crippen LogP contribution in [-0.4, -0.2) is 0 Å². The second-order valence-electron chi connectivity index (χ2n) is 4.41. The monoisotopic (exact) mass is 350 g/mol. The number of allylic oxidation sites excluding steroid dienone is 4. The molecule has 1 aromatic rings. The van der Waals surface area contributed by atoms with E-state index in [2.05, 4.69) is 45.1 Å². The van der Waals surface area contributed by atoms with Crippen molar-refractivity contribution in [3.05, 3.63) is 58.2 Å². The smallest absolute Gasteiger partial charge is 1.00 e. The molecule has 4 heteroatoms. The number of hydrogen-bond donors (Lipinski definition) is 0. The molecule has 19 heavy (non-hydrogen) atoms. The van der Waals surface area contributed by atoms with Crippen LogP contribution in [0.1, 0.15) is 28.7 Å². The molecule has 0 amide bonds. The van der Waals surface area contributed by atoms with Crippen molar-refractivity contribution in [3.63, 3.8) is 0 Å². The molecular weight excluding hydrogens is 334 g/mol. The van der Waals surface area contributed by atoms with Crippen LogP contribution in [0.4, 0.5) is 0 Å². The predicted octanol–water partition coefficient (Wildman–Crippen LogP) is -5.15. The normalized spacial score (nSPS) is 11.4. The minimum absolute atomic E-state index is 0. The number of hydrogen-bond acceptors (Lipinski definition) is 0. The van der Waals surface area contributed by atoms with E-state index in [1.165, 1.54) is 27.8 Å². The number of halogens is 3. The average molecular weight is 352 g/mol. The first-order valence-electron chi connectivity index (χ1n) is 5.50. The van der Waals surface area contributed by atoms with Crippen LogP contribution in [0, 0.1) is 26.8 Å². The van der Waals surface area contributed by atoms with Gasteiger partial charge >= 0.3 is 21.7 Å². The molecule has 0 atom stereocenters. The van der Waals surface area contributed by atoms with Gasteiger partial charge in [0.15, 0.2) is 0 Å². The van der Waals surface area contributed by atoms with Gasteiger partial charge in [-0.3, -0.25) is 6.08 Å². The molecular formula is C15H17Cl3Ti. The molecule has 0 bridgehead atoms. The number of benzene rings is 1. The molecule has 1 aromatic carbocycles. The van der Waals surface area contributed by atoms with Gasteiger partial charge < -0.3 is 37.2 Å². The van der Waals surface area contributed by atoms with E-state index in [1.54, 1.807) is 0 Å². The van der Waals surface area contributed by atoms with E-state index >= 15 is 0 Å². The third-order valence-electron chi connectivity index (χ3n) is 3.00. The Morgan fingerprint density at radius 1 is 1.00 bits per heavy atom. The van der Waals surface area contributed by atoms with Gasteiger partial charge in [0.05, 0.1) is 0 Å². The summed E-state index contributed by atoms with van der Waals surface area (Å²) < 4.78 is 0. The SMILES string of the molecule is Cc1cc(C)c(CC2=[C-]C=CC2)c(C)c1.[Cl-].[Cl-].[Cl-].[Ti+4]. The Kier molecular flexibility index (Phi) is 14.1. The van der Waals surface area contributed by atoms with Gasteiger partial charge in [-0.2, -0.15) is 5.57 Å². The van der Waals surface area contributed by atoms with E-state index in [9.17, 15) is 0 Å². The number of rotatable bonds is 2. The van der Waals surface area contributed by atoms with Crippen molar-refractivity contribution in [2.24, 2.45) is 0 Å². The van der Waals surface area contributed by atoms with Crippen LogP contribution >= 0.6 is 0 Å². The minimum Gasteiger partial charge on any atom is -1.00 e. The Morgan fingerprint density at radius 3 is 1.95 bits per heavy atom. The van der Waals surface area contributed by atoms with Crippen molar-refractivity contribution in [2.45, 2.75) is 33.6 Å². The minimum atomic E-state index is 0. The van der Waals surface area contributed by atoms with E-state index < -0.39 is 0 Å². The Hall–Kier alpha value is 0.284. The van der Waals surface area contributed by atoms with E-state index in [-0.39, 0.29) is 58.9 Å². The summed E-state index contributed by atoms with van der Waals surface area (Å²) in [6.07, 6.45) is 9.66. The molecule has 0 N–H and O–H groups in total. The van der Waals surface area contributed by atoms with Crippen LogP contribution in [-0.2, 0) is 28.1 Å². The van der Waals surface area contributed by atoms with Gasteiger partial charge in [-0.25, -0.2) is 12.2 Å². The molecule has 1 aliphatic carbocycles. The summed E-state index contributed by atoms with van der Waals surface area (Å²) >= 11 is 0. The second kappa shape index (κ2) is 11.0. The molecule has 0 aromatic heterocycles. The zero-order valence-electron chi connectivity index (χ0n) is 11.4. The molecule has 0 fully saturated rings. The van der Waals surface area contributed by atoms with Crippen molar-refractivity contribution in [1.29, 1.82) is 0 Å². The second-order valence-corrected chi connectivity index (χ2v) is 4.41. The van der Waals surface area contributed by atoms with E-state index in [4.69, 9.17) is 0 Å². The molecule has 0 saturated heterocycles. The summed E-state index contributed by atoms with van der Waals surface area (Å²) in [6, 6.07) is 4.54. The molecule has 0 unspecified atom stereocenters. The topological polar surface area (TPSA) is 0 Å². The Balaban J connectivity index is -0.000000640. The quantitative estimate of drug-likeness (QED) is 0.369. The van der Waals surface area contributed by atoms with Crippen LogP contribution in [0.25, 0.3) is 0 Å². The van der Waals surface area contributed by atoms with E-state index in [0.29, 0.717) is 0 Å². The van der Waals surface area contributed by atoms with Gasteiger partial charge in [0, 0.05) is 0 Å². The van der Waals surface area contributed by atoms with Gasteiger partial charge in [-0.15, -0.1) is 0 Å². The summed E-state index contributed by atoms with van der Waals surface area (Å²) in [5, 5.41) is 0. The third-order valence-corrected chi connectivity index (χ3v) is 3.00. The average Bonchev–Trinajstić information content (AvgIpc) is 2.63. The van der Waals surface area contributed by atoms with Gasteiger partial charge in [0.25, 0.3) is 0 Å². The standard InChI is InChI=1S/C15H17.3ClH.Ti/c1-11-8-12(2)15(13(3)9-11)10-14-6-4-5-7-14;;;;/h4-5,8-9H,6,10H2,1-3H3;3*1H;/q-1;;;;+4/p-3. The summed E-state index contributed by atoms with van der Waals surface area (Å²) in [4.78, 5) is 0. The zero-order chi connectivity index (χ0) is 10.8. The van der Waals surface area contributed by atoms with Crippen molar-refractivity contribution in [3.8, 4) is 0 Å². The summed E-state index contributed by atoms with van der Waals surface area (Å²) in [5.74, 6) is 0. The molecule has 1 aliphatic rings. The maximum absolute atomic E-state index is 3.31. The van der Waals surface area contributed by atoms with Gasteiger partial charge in [-0.1, -0.05) is 24.1 Å². The molecule has 0 spiro atoms. The van der Waals surface area contributed by atoms with Crippen molar-refractivity contribution in [1.82, 2.24) is 0 Å². The maximum atomic E-state index is 3.31.